The number of hydrogen-bond acceptors (Lipinski definition) is 4. The van der Waals surface area contributed by atoms with E-state index in [1.165, 1.54) is 5.56 Å². The standard InChI is InChI=1S/C21H21N5/c1-13-3-5-15(6-4-13)16-11-18-21(23-12-16)26-20(25-18)8-7-17-9-14(2)10-19(22)24-17/h3-6,9-12H,7-8H2,1-2H3,(H2,22,24)(H,23,25,26). The lowest BCUT2D eigenvalue weighted by Crippen LogP contribution is -2.00. The first-order valence-corrected chi connectivity index (χ1v) is 8.71. The third kappa shape index (κ3) is 3.42. The molecule has 0 amide bonds. The summed E-state index contributed by atoms with van der Waals surface area (Å²) in [5.41, 5.74) is 13.1. The lowest BCUT2D eigenvalue weighted by molar-refractivity contribution is 0.860. The van der Waals surface area contributed by atoms with Gasteiger partial charge in [-0.3, -0.25) is 0 Å². The number of nitrogens with zero attached hydrogens (tertiary/aromatic N) is 3. The molecule has 4 aromatic rings. The number of pyridine rings is 2. The molecule has 0 aliphatic rings. The van der Waals surface area contributed by atoms with E-state index in [1.807, 2.05) is 19.2 Å². The molecule has 1 aromatic carbocycles. The molecule has 0 saturated carbocycles. The van der Waals surface area contributed by atoms with Crippen molar-refractivity contribution < 1.29 is 0 Å². The number of nitrogen functional groups attached to an aromatic ring is 1. The Morgan fingerprint density at radius 2 is 1.69 bits per heavy atom. The summed E-state index contributed by atoms with van der Waals surface area (Å²) in [4.78, 5) is 16.9. The van der Waals surface area contributed by atoms with Crippen molar-refractivity contribution in [2.24, 2.45) is 0 Å². The summed E-state index contributed by atoms with van der Waals surface area (Å²) in [6.45, 7) is 4.11. The highest BCUT2D eigenvalue weighted by Crippen LogP contribution is 2.22. The molecule has 0 radical (unpaired) electrons. The molecule has 5 heteroatoms. The van der Waals surface area contributed by atoms with Crippen LogP contribution in [0.4, 0.5) is 5.82 Å². The predicted molar refractivity (Wildman–Crippen MR) is 105 cm³/mol. The Kier molecular flexibility index (Phi) is 4.13. The number of anilines is 1. The van der Waals surface area contributed by atoms with Crippen LogP contribution < -0.4 is 5.73 Å². The van der Waals surface area contributed by atoms with E-state index < -0.39 is 0 Å². The zero-order valence-corrected chi connectivity index (χ0v) is 15.0. The van der Waals surface area contributed by atoms with Crippen molar-refractivity contribution in [1.29, 1.82) is 0 Å². The van der Waals surface area contributed by atoms with Gasteiger partial charge in [-0.15, -0.1) is 0 Å². The maximum atomic E-state index is 5.83. The molecule has 0 unspecified atom stereocenters. The van der Waals surface area contributed by atoms with E-state index in [0.717, 1.165) is 52.2 Å². The van der Waals surface area contributed by atoms with Crippen LogP contribution >= 0.6 is 0 Å². The Hall–Kier alpha value is -3.21. The van der Waals surface area contributed by atoms with Gasteiger partial charge in [-0.2, -0.15) is 0 Å². The van der Waals surface area contributed by atoms with Gasteiger partial charge in [0.2, 0.25) is 0 Å². The molecule has 0 bridgehead atoms. The van der Waals surface area contributed by atoms with E-state index in [9.17, 15) is 0 Å². The lowest BCUT2D eigenvalue weighted by atomic mass is 10.1. The summed E-state index contributed by atoms with van der Waals surface area (Å²) in [7, 11) is 0. The van der Waals surface area contributed by atoms with Crippen LogP contribution in [0.3, 0.4) is 0 Å². The van der Waals surface area contributed by atoms with Crippen molar-refractivity contribution in [2.75, 3.05) is 5.73 Å². The minimum Gasteiger partial charge on any atom is -0.384 e. The number of aromatic amines is 1. The molecule has 130 valence electrons. The summed E-state index contributed by atoms with van der Waals surface area (Å²) in [6, 6.07) is 14.5. The number of imidazole rings is 1. The summed E-state index contributed by atoms with van der Waals surface area (Å²) in [5.74, 6) is 1.48. The molecule has 4 rings (SSSR count). The fourth-order valence-corrected chi connectivity index (χ4v) is 3.11. The Morgan fingerprint density at radius 3 is 2.46 bits per heavy atom. The zero-order valence-electron chi connectivity index (χ0n) is 15.0. The van der Waals surface area contributed by atoms with Gasteiger partial charge in [0.15, 0.2) is 5.65 Å². The van der Waals surface area contributed by atoms with Gasteiger partial charge in [0.1, 0.15) is 17.2 Å². The predicted octanol–water partition coefficient (Wildman–Crippen LogP) is 4.00. The fraction of sp³-hybridized carbons (Fsp3) is 0.190. The van der Waals surface area contributed by atoms with Crippen molar-refractivity contribution in [3.05, 3.63) is 71.3 Å². The number of hydrogen-bond donors (Lipinski definition) is 2. The van der Waals surface area contributed by atoms with Gasteiger partial charge < -0.3 is 10.7 Å². The van der Waals surface area contributed by atoms with E-state index in [1.54, 1.807) is 0 Å². The van der Waals surface area contributed by atoms with Crippen molar-refractivity contribution >= 4 is 17.0 Å². The van der Waals surface area contributed by atoms with Crippen molar-refractivity contribution in [1.82, 2.24) is 19.9 Å². The smallest absolute Gasteiger partial charge is 0.157 e. The van der Waals surface area contributed by atoms with Crippen LogP contribution in [0.2, 0.25) is 0 Å². The molecular formula is C21H21N5. The van der Waals surface area contributed by atoms with Gasteiger partial charge in [-0.1, -0.05) is 29.8 Å². The topological polar surface area (TPSA) is 80.5 Å². The summed E-state index contributed by atoms with van der Waals surface area (Å²) >= 11 is 0. The Labute approximate surface area is 152 Å². The van der Waals surface area contributed by atoms with Crippen LogP contribution in [-0.2, 0) is 12.8 Å². The molecule has 26 heavy (non-hydrogen) atoms. The monoisotopic (exact) mass is 343 g/mol. The summed E-state index contributed by atoms with van der Waals surface area (Å²) in [5, 5.41) is 0. The molecule has 3 heterocycles. The van der Waals surface area contributed by atoms with Gasteiger partial charge >= 0.3 is 0 Å². The minimum absolute atomic E-state index is 0.564. The second kappa shape index (κ2) is 6.59. The van der Waals surface area contributed by atoms with Crippen LogP contribution in [0.1, 0.15) is 22.6 Å². The maximum absolute atomic E-state index is 5.83. The number of nitrogens with two attached hydrogens (primary N) is 1. The molecule has 0 aliphatic carbocycles. The molecule has 0 fully saturated rings. The summed E-state index contributed by atoms with van der Waals surface area (Å²) < 4.78 is 0. The number of fused-ring (bicyclic) bond motifs is 1. The molecule has 0 spiro atoms. The van der Waals surface area contributed by atoms with Crippen molar-refractivity contribution in [3.63, 3.8) is 0 Å². The Morgan fingerprint density at radius 1 is 0.885 bits per heavy atom. The van der Waals surface area contributed by atoms with Crippen LogP contribution in [0.25, 0.3) is 22.3 Å². The third-order valence-corrected chi connectivity index (χ3v) is 4.43. The van der Waals surface area contributed by atoms with Crippen LogP contribution in [0.15, 0.2) is 48.7 Å². The number of aryl methyl sites for hydroxylation is 4. The van der Waals surface area contributed by atoms with Crippen molar-refractivity contribution in [3.8, 4) is 11.1 Å². The fourth-order valence-electron chi connectivity index (χ4n) is 3.11. The second-order valence-corrected chi connectivity index (χ2v) is 6.70. The minimum atomic E-state index is 0.564. The van der Waals surface area contributed by atoms with Crippen LogP contribution in [-0.4, -0.2) is 19.9 Å². The van der Waals surface area contributed by atoms with E-state index in [0.29, 0.717) is 5.82 Å². The molecule has 3 N–H and O–H groups in total. The molecule has 3 aromatic heterocycles. The molecule has 0 saturated heterocycles. The SMILES string of the molecule is Cc1ccc(-c2cnc3[nH]c(CCc4cc(C)cc(N)n4)nc3c2)cc1. The number of rotatable bonds is 4. The van der Waals surface area contributed by atoms with Gasteiger partial charge in [0.05, 0.1) is 0 Å². The van der Waals surface area contributed by atoms with Crippen molar-refractivity contribution in [2.45, 2.75) is 26.7 Å². The number of aromatic nitrogens is 4. The number of benzene rings is 1. The molecule has 0 atom stereocenters. The number of nitrogens with one attached hydrogen (secondary N) is 1. The first-order chi connectivity index (χ1) is 12.6. The zero-order chi connectivity index (χ0) is 18.1. The van der Waals surface area contributed by atoms with Gasteiger partial charge in [-0.05, 0) is 49.6 Å². The average Bonchev–Trinajstić information content (AvgIpc) is 3.02. The van der Waals surface area contributed by atoms with E-state index >= 15 is 0 Å². The Balaban J connectivity index is 1.56. The first kappa shape index (κ1) is 16.3. The van der Waals surface area contributed by atoms with E-state index in [2.05, 4.69) is 58.3 Å². The summed E-state index contributed by atoms with van der Waals surface area (Å²) in [6.07, 6.45) is 3.44. The number of H-pyrrole nitrogens is 1. The lowest BCUT2D eigenvalue weighted by Gasteiger charge is -2.02. The quantitative estimate of drug-likeness (QED) is 0.587. The van der Waals surface area contributed by atoms with E-state index in [4.69, 9.17) is 10.7 Å². The van der Waals surface area contributed by atoms with Gasteiger partial charge in [0.25, 0.3) is 0 Å². The van der Waals surface area contributed by atoms with Crippen LogP contribution in [0.5, 0.6) is 0 Å². The highest BCUT2D eigenvalue weighted by molar-refractivity contribution is 5.78. The van der Waals surface area contributed by atoms with Gasteiger partial charge in [0, 0.05) is 23.9 Å². The third-order valence-electron chi connectivity index (χ3n) is 4.43. The van der Waals surface area contributed by atoms with Gasteiger partial charge in [-0.25, -0.2) is 15.0 Å². The highest BCUT2D eigenvalue weighted by Gasteiger charge is 2.08. The second-order valence-electron chi connectivity index (χ2n) is 6.70. The normalized spacial score (nSPS) is 11.2. The molecule has 0 aliphatic heterocycles. The maximum Gasteiger partial charge on any atom is 0.157 e. The first-order valence-electron chi connectivity index (χ1n) is 8.71. The van der Waals surface area contributed by atoms with E-state index in [-0.39, 0.29) is 0 Å². The Bertz CT molecular complexity index is 1040. The van der Waals surface area contributed by atoms with Crippen LogP contribution in [0, 0.1) is 13.8 Å². The highest BCUT2D eigenvalue weighted by atomic mass is 15.0. The molecular weight excluding hydrogens is 322 g/mol. The largest absolute Gasteiger partial charge is 0.384 e. The average molecular weight is 343 g/mol. The molecule has 5 nitrogen and oxygen atoms in total.